The Balaban J connectivity index is 0.00000182. The topological polar surface area (TPSA) is 59.0 Å². The Hall–Kier alpha value is -1.85. The summed E-state index contributed by atoms with van der Waals surface area (Å²) in [4.78, 5) is 18.0. The van der Waals surface area contributed by atoms with Gasteiger partial charge >= 0.3 is 0 Å². The van der Waals surface area contributed by atoms with Crippen molar-refractivity contribution in [1.29, 1.82) is 0 Å². The Morgan fingerprint density at radius 1 is 1.12 bits per heavy atom. The van der Waals surface area contributed by atoms with Gasteiger partial charge in [-0.25, -0.2) is 9.55 Å². The molecule has 0 radical (unpaired) electrons. The highest BCUT2D eigenvalue weighted by Gasteiger charge is 2.22. The van der Waals surface area contributed by atoms with Crippen molar-refractivity contribution in [2.45, 2.75) is 51.1 Å². The van der Waals surface area contributed by atoms with Gasteiger partial charge in [-0.15, -0.1) is 12.4 Å². The number of aromatic nitrogens is 2. The maximum absolute atomic E-state index is 13.1. The lowest BCUT2D eigenvalue weighted by Gasteiger charge is -2.26. The SMILES string of the molecule is Cl.O=c1c2c(nc(NC3CCCCC3)n1-c1ccccc1)CCNC2. The van der Waals surface area contributed by atoms with E-state index in [-0.39, 0.29) is 18.0 Å². The molecule has 0 spiro atoms. The molecule has 2 aromatic rings. The van der Waals surface area contributed by atoms with E-state index in [0.29, 0.717) is 18.5 Å². The summed E-state index contributed by atoms with van der Waals surface area (Å²) in [5.74, 6) is 0.707. The lowest BCUT2D eigenvalue weighted by molar-refractivity contribution is 0.459. The molecule has 134 valence electrons. The third-order valence-corrected chi connectivity index (χ3v) is 5.06. The fraction of sp³-hybridized carbons (Fsp3) is 0.474. The first-order chi connectivity index (χ1) is 11.8. The molecular weight excluding hydrogens is 336 g/mol. The average molecular weight is 361 g/mol. The van der Waals surface area contributed by atoms with Gasteiger partial charge in [0.2, 0.25) is 5.95 Å². The maximum Gasteiger partial charge on any atom is 0.264 e. The average Bonchev–Trinajstić information content (AvgIpc) is 2.64. The number of nitrogens with zero attached hydrogens (tertiary/aromatic N) is 2. The quantitative estimate of drug-likeness (QED) is 0.883. The zero-order chi connectivity index (χ0) is 16.4. The number of halogens is 1. The minimum Gasteiger partial charge on any atom is -0.353 e. The van der Waals surface area contributed by atoms with Gasteiger partial charge in [-0.05, 0) is 25.0 Å². The smallest absolute Gasteiger partial charge is 0.264 e. The molecule has 1 aromatic heterocycles. The minimum absolute atomic E-state index is 0. The lowest BCUT2D eigenvalue weighted by Crippen LogP contribution is -2.37. The third-order valence-electron chi connectivity index (χ3n) is 5.06. The second kappa shape index (κ2) is 8.02. The van der Waals surface area contributed by atoms with Crippen molar-refractivity contribution in [2.24, 2.45) is 0 Å². The molecule has 1 aromatic carbocycles. The summed E-state index contributed by atoms with van der Waals surface area (Å²) in [6.07, 6.45) is 6.95. The van der Waals surface area contributed by atoms with Crippen LogP contribution in [0.2, 0.25) is 0 Å². The van der Waals surface area contributed by atoms with Gasteiger partial charge in [0.05, 0.1) is 16.9 Å². The summed E-state index contributed by atoms with van der Waals surface area (Å²) in [6.45, 7) is 1.50. The van der Waals surface area contributed by atoms with E-state index in [0.717, 1.165) is 42.8 Å². The third kappa shape index (κ3) is 3.72. The van der Waals surface area contributed by atoms with E-state index in [1.807, 2.05) is 30.3 Å². The highest BCUT2D eigenvalue weighted by Crippen LogP contribution is 2.23. The van der Waals surface area contributed by atoms with Gasteiger partial charge in [-0.2, -0.15) is 0 Å². The van der Waals surface area contributed by atoms with Gasteiger partial charge in [-0.1, -0.05) is 37.5 Å². The Morgan fingerprint density at radius 2 is 1.88 bits per heavy atom. The zero-order valence-electron chi connectivity index (χ0n) is 14.3. The molecule has 6 heteroatoms. The molecule has 0 bridgehead atoms. The molecular formula is C19H25ClN4O. The van der Waals surface area contributed by atoms with Crippen molar-refractivity contribution < 1.29 is 0 Å². The maximum atomic E-state index is 13.1. The number of hydrogen-bond acceptors (Lipinski definition) is 4. The standard InChI is InChI=1S/C19H24N4O.ClH/c24-18-16-13-20-12-11-17(16)22-19(21-14-7-3-1-4-8-14)23(18)15-9-5-2-6-10-15;/h2,5-6,9-10,14,20H,1,3-4,7-8,11-13H2,(H,21,22);1H. The molecule has 5 nitrogen and oxygen atoms in total. The van der Waals surface area contributed by atoms with Crippen LogP contribution in [0, 0.1) is 0 Å². The zero-order valence-corrected chi connectivity index (χ0v) is 15.1. The fourth-order valence-electron chi connectivity index (χ4n) is 3.75. The Labute approximate surface area is 154 Å². The molecule has 2 aliphatic rings. The summed E-state index contributed by atoms with van der Waals surface area (Å²) >= 11 is 0. The van der Waals surface area contributed by atoms with Crippen LogP contribution in [0.5, 0.6) is 0 Å². The van der Waals surface area contributed by atoms with Gasteiger partial charge in [0.25, 0.3) is 5.56 Å². The van der Waals surface area contributed by atoms with Gasteiger partial charge in [0.1, 0.15) is 0 Å². The molecule has 0 saturated heterocycles. The fourth-order valence-corrected chi connectivity index (χ4v) is 3.75. The summed E-state index contributed by atoms with van der Waals surface area (Å²) < 4.78 is 1.75. The van der Waals surface area contributed by atoms with Crippen molar-refractivity contribution in [1.82, 2.24) is 14.9 Å². The van der Waals surface area contributed by atoms with Gasteiger partial charge < -0.3 is 10.6 Å². The Morgan fingerprint density at radius 3 is 2.64 bits per heavy atom. The van der Waals surface area contributed by atoms with E-state index >= 15 is 0 Å². The van der Waals surface area contributed by atoms with E-state index in [4.69, 9.17) is 4.98 Å². The van der Waals surface area contributed by atoms with E-state index in [1.165, 1.54) is 19.3 Å². The van der Waals surface area contributed by atoms with Gasteiger partial charge in [0.15, 0.2) is 0 Å². The number of rotatable bonds is 3. The van der Waals surface area contributed by atoms with Gasteiger partial charge in [0, 0.05) is 25.6 Å². The van der Waals surface area contributed by atoms with Crippen molar-refractivity contribution in [3.8, 4) is 5.69 Å². The van der Waals surface area contributed by atoms with Crippen LogP contribution in [0.4, 0.5) is 5.95 Å². The first-order valence-corrected chi connectivity index (χ1v) is 9.00. The number of hydrogen-bond donors (Lipinski definition) is 2. The predicted octanol–water partition coefficient (Wildman–Crippen LogP) is 3.04. The summed E-state index contributed by atoms with van der Waals surface area (Å²) in [5.41, 5.74) is 2.68. The number of para-hydroxylation sites is 1. The molecule has 1 saturated carbocycles. The number of fused-ring (bicyclic) bond motifs is 1. The van der Waals surface area contributed by atoms with Crippen molar-refractivity contribution in [3.05, 3.63) is 51.9 Å². The van der Waals surface area contributed by atoms with Crippen molar-refractivity contribution in [3.63, 3.8) is 0 Å². The van der Waals surface area contributed by atoms with E-state index in [1.54, 1.807) is 4.57 Å². The van der Waals surface area contributed by atoms with Crippen LogP contribution >= 0.6 is 12.4 Å². The molecule has 0 amide bonds. The molecule has 25 heavy (non-hydrogen) atoms. The van der Waals surface area contributed by atoms with Crippen LogP contribution in [0.15, 0.2) is 35.1 Å². The Kier molecular flexibility index (Phi) is 5.76. The number of nitrogens with one attached hydrogen (secondary N) is 2. The molecule has 2 heterocycles. The van der Waals surface area contributed by atoms with Crippen LogP contribution in [-0.2, 0) is 13.0 Å². The molecule has 4 rings (SSSR count). The van der Waals surface area contributed by atoms with E-state index in [9.17, 15) is 4.79 Å². The second-order valence-electron chi connectivity index (χ2n) is 6.74. The summed E-state index contributed by atoms with van der Waals surface area (Å²) in [5, 5.41) is 6.86. The van der Waals surface area contributed by atoms with Crippen molar-refractivity contribution in [2.75, 3.05) is 11.9 Å². The second-order valence-corrected chi connectivity index (χ2v) is 6.74. The normalized spacial score (nSPS) is 17.4. The number of anilines is 1. The first kappa shape index (κ1) is 18.0. The van der Waals surface area contributed by atoms with Crippen LogP contribution < -0.4 is 16.2 Å². The molecule has 2 N–H and O–H groups in total. The molecule has 0 atom stereocenters. The van der Waals surface area contributed by atoms with Crippen LogP contribution in [-0.4, -0.2) is 22.1 Å². The molecule has 0 unspecified atom stereocenters. The lowest BCUT2D eigenvalue weighted by atomic mass is 9.96. The largest absolute Gasteiger partial charge is 0.353 e. The monoisotopic (exact) mass is 360 g/mol. The van der Waals surface area contributed by atoms with Gasteiger partial charge in [-0.3, -0.25) is 4.79 Å². The summed E-state index contributed by atoms with van der Waals surface area (Å²) in [7, 11) is 0. The first-order valence-electron chi connectivity index (χ1n) is 9.00. The highest BCUT2D eigenvalue weighted by molar-refractivity contribution is 5.85. The van der Waals surface area contributed by atoms with Crippen LogP contribution in [0.3, 0.4) is 0 Å². The summed E-state index contributed by atoms with van der Waals surface area (Å²) in [6, 6.07) is 10.2. The number of benzene rings is 1. The van der Waals surface area contributed by atoms with E-state index in [2.05, 4.69) is 10.6 Å². The van der Waals surface area contributed by atoms with Crippen LogP contribution in [0.25, 0.3) is 5.69 Å². The Bertz CT molecular complexity index is 769. The predicted molar refractivity (Wildman–Crippen MR) is 103 cm³/mol. The van der Waals surface area contributed by atoms with Crippen molar-refractivity contribution >= 4 is 18.4 Å². The van der Waals surface area contributed by atoms with Crippen LogP contribution in [0.1, 0.15) is 43.4 Å². The highest BCUT2D eigenvalue weighted by atomic mass is 35.5. The molecule has 1 fully saturated rings. The van der Waals surface area contributed by atoms with E-state index < -0.39 is 0 Å². The molecule has 1 aliphatic carbocycles. The molecule has 1 aliphatic heterocycles. The minimum atomic E-state index is 0.